The van der Waals surface area contributed by atoms with Crippen molar-refractivity contribution >= 4 is 16.7 Å². The average Bonchev–Trinajstić information content (AvgIpc) is 2.78. The van der Waals surface area contributed by atoms with E-state index in [0.717, 1.165) is 29.1 Å². The largest absolute Gasteiger partial charge is 0.366 e. The van der Waals surface area contributed by atoms with Crippen molar-refractivity contribution in [1.29, 1.82) is 5.26 Å². The van der Waals surface area contributed by atoms with Crippen LogP contribution >= 0.6 is 0 Å². The molecule has 1 fully saturated rings. The first-order valence-electron chi connectivity index (χ1n) is 7.25. The van der Waals surface area contributed by atoms with E-state index < -0.39 is 0 Å². The minimum atomic E-state index is 0.422. The van der Waals surface area contributed by atoms with Crippen LogP contribution in [0.3, 0.4) is 0 Å². The smallest absolute Gasteiger partial charge is 0.144 e. The highest BCUT2D eigenvalue weighted by Crippen LogP contribution is 2.33. The van der Waals surface area contributed by atoms with E-state index in [-0.39, 0.29) is 0 Å². The third-order valence-electron chi connectivity index (χ3n) is 4.63. The van der Waals surface area contributed by atoms with Crippen LogP contribution in [0.1, 0.15) is 32.3 Å². The lowest BCUT2D eigenvalue weighted by Gasteiger charge is -2.21. The highest BCUT2D eigenvalue weighted by Gasteiger charge is 2.30. The number of pyridine rings is 1. The number of hydrogen-bond donors (Lipinski definition) is 1. The second kappa shape index (κ2) is 5.13. The quantitative estimate of drug-likeness (QED) is 0.894. The van der Waals surface area contributed by atoms with Crippen LogP contribution in [0, 0.1) is 23.2 Å². The van der Waals surface area contributed by atoms with Crippen molar-refractivity contribution in [3.63, 3.8) is 0 Å². The van der Waals surface area contributed by atoms with Crippen molar-refractivity contribution < 1.29 is 0 Å². The molecule has 0 radical (unpaired) electrons. The third-order valence-corrected chi connectivity index (χ3v) is 4.63. The van der Waals surface area contributed by atoms with Crippen LogP contribution in [0.5, 0.6) is 0 Å². The van der Waals surface area contributed by atoms with E-state index in [2.05, 4.69) is 30.2 Å². The number of rotatable bonds is 2. The molecule has 3 rings (SSSR count). The van der Waals surface area contributed by atoms with E-state index in [0.29, 0.717) is 17.5 Å². The number of nitrogens with zero attached hydrogens (tertiary/aromatic N) is 2. The fraction of sp³-hybridized carbons (Fsp3) is 0.412. The summed E-state index contributed by atoms with van der Waals surface area (Å²) in [5, 5.41) is 13.9. The summed E-state index contributed by atoms with van der Waals surface area (Å²) >= 11 is 0. The van der Waals surface area contributed by atoms with Crippen molar-refractivity contribution in [3.8, 4) is 6.07 Å². The zero-order valence-corrected chi connectivity index (χ0v) is 11.9. The number of fused-ring (bicyclic) bond motifs is 1. The molecule has 3 nitrogen and oxygen atoms in total. The van der Waals surface area contributed by atoms with Crippen molar-refractivity contribution in [2.75, 3.05) is 5.32 Å². The molecule has 20 heavy (non-hydrogen) atoms. The Kier molecular flexibility index (Phi) is 3.31. The van der Waals surface area contributed by atoms with Gasteiger partial charge in [-0.25, -0.2) is 4.98 Å². The van der Waals surface area contributed by atoms with Crippen molar-refractivity contribution in [1.82, 2.24) is 4.98 Å². The van der Waals surface area contributed by atoms with Crippen LogP contribution in [-0.2, 0) is 0 Å². The number of aromatic nitrogens is 1. The maximum atomic E-state index is 9.34. The van der Waals surface area contributed by atoms with Crippen LogP contribution in [0.4, 0.5) is 5.82 Å². The van der Waals surface area contributed by atoms with E-state index in [9.17, 15) is 5.26 Å². The second-order valence-electron chi connectivity index (χ2n) is 5.85. The topological polar surface area (TPSA) is 48.7 Å². The van der Waals surface area contributed by atoms with Gasteiger partial charge in [0.1, 0.15) is 11.9 Å². The van der Waals surface area contributed by atoms with Crippen LogP contribution in [0.15, 0.2) is 30.3 Å². The number of para-hydroxylation sites is 1. The van der Waals surface area contributed by atoms with E-state index in [1.165, 1.54) is 6.42 Å². The molecule has 1 heterocycles. The lowest BCUT2D eigenvalue weighted by molar-refractivity contribution is 0.435. The summed E-state index contributed by atoms with van der Waals surface area (Å²) in [4.78, 5) is 4.64. The van der Waals surface area contributed by atoms with Crippen LogP contribution in [-0.4, -0.2) is 11.0 Å². The fourth-order valence-corrected chi connectivity index (χ4v) is 3.06. The maximum Gasteiger partial charge on any atom is 0.144 e. The van der Waals surface area contributed by atoms with Gasteiger partial charge in [-0.2, -0.15) is 5.26 Å². The Hall–Kier alpha value is -2.08. The van der Waals surface area contributed by atoms with Crippen molar-refractivity contribution in [2.24, 2.45) is 11.8 Å². The molecule has 1 aliphatic carbocycles. The van der Waals surface area contributed by atoms with Gasteiger partial charge in [-0.05, 0) is 36.8 Å². The summed E-state index contributed by atoms with van der Waals surface area (Å²) in [5.41, 5.74) is 1.57. The minimum absolute atomic E-state index is 0.422. The second-order valence-corrected chi connectivity index (χ2v) is 5.85. The molecule has 2 aromatic rings. The Morgan fingerprint density at radius 2 is 2.05 bits per heavy atom. The maximum absolute atomic E-state index is 9.34. The lowest BCUT2D eigenvalue weighted by atomic mass is 9.97. The van der Waals surface area contributed by atoms with Gasteiger partial charge in [0.05, 0.1) is 11.1 Å². The van der Waals surface area contributed by atoms with Crippen LogP contribution < -0.4 is 5.32 Å². The summed E-state index contributed by atoms with van der Waals surface area (Å²) in [6.07, 6.45) is 2.40. The molecule has 0 amide bonds. The van der Waals surface area contributed by atoms with Gasteiger partial charge < -0.3 is 5.32 Å². The molecule has 0 saturated heterocycles. The zero-order chi connectivity index (χ0) is 14.1. The standard InChI is InChI=1S/C17H19N3/c1-11-7-8-15(12(11)2)19-17-14(10-18)9-13-5-3-4-6-16(13)20-17/h3-6,9,11-12,15H,7-8H2,1-2H3,(H,19,20). The highest BCUT2D eigenvalue weighted by molar-refractivity contribution is 5.82. The van der Waals surface area contributed by atoms with Gasteiger partial charge in [-0.1, -0.05) is 32.0 Å². The molecule has 3 atom stereocenters. The number of nitrogens with one attached hydrogen (secondary N) is 1. The van der Waals surface area contributed by atoms with Crippen LogP contribution in [0.25, 0.3) is 10.9 Å². The molecule has 0 aliphatic heterocycles. The molecule has 0 bridgehead atoms. The van der Waals surface area contributed by atoms with Gasteiger partial charge in [0.15, 0.2) is 0 Å². The Labute approximate surface area is 119 Å². The number of anilines is 1. The number of benzene rings is 1. The highest BCUT2D eigenvalue weighted by atomic mass is 15.0. The molecule has 1 aromatic carbocycles. The van der Waals surface area contributed by atoms with Crippen molar-refractivity contribution in [3.05, 3.63) is 35.9 Å². The molecular formula is C17H19N3. The first kappa shape index (κ1) is 12.9. The average molecular weight is 265 g/mol. The summed E-state index contributed by atoms with van der Waals surface area (Å²) in [6.45, 7) is 4.58. The predicted molar refractivity (Wildman–Crippen MR) is 81.4 cm³/mol. The first-order chi connectivity index (χ1) is 9.69. The van der Waals surface area contributed by atoms with Crippen molar-refractivity contribution in [2.45, 2.75) is 32.7 Å². The first-order valence-corrected chi connectivity index (χ1v) is 7.25. The number of hydrogen-bond acceptors (Lipinski definition) is 3. The zero-order valence-electron chi connectivity index (χ0n) is 11.9. The van der Waals surface area contributed by atoms with Gasteiger partial charge in [0.2, 0.25) is 0 Å². The van der Waals surface area contributed by atoms with Gasteiger partial charge in [0.25, 0.3) is 0 Å². The monoisotopic (exact) mass is 265 g/mol. The summed E-state index contributed by atoms with van der Waals surface area (Å²) in [6, 6.07) is 12.5. The Balaban J connectivity index is 1.96. The van der Waals surface area contributed by atoms with Gasteiger partial charge in [-0.15, -0.1) is 0 Å². The molecule has 1 aromatic heterocycles. The third kappa shape index (κ3) is 2.22. The molecule has 3 heteroatoms. The SMILES string of the molecule is CC1CCC(Nc2nc3ccccc3cc2C#N)C1C. The molecule has 102 valence electrons. The molecule has 1 N–H and O–H groups in total. The van der Waals surface area contributed by atoms with E-state index in [1.807, 2.05) is 30.3 Å². The van der Waals surface area contributed by atoms with Crippen LogP contribution in [0.2, 0.25) is 0 Å². The van der Waals surface area contributed by atoms with E-state index >= 15 is 0 Å². The van der Waals surface area contributed by atoms with E-state index in [1.54, 1.807) is 0 Å². The summed E-state index contributed by atoms with van der Waals surface area (Å²) in [7, 11) is 0. The Morgan fingerprint density at radius 3 is 2.75 bits per heavy atom. The minimum Gasteiger partial charge on any atom is -0.366 e. The molecule has 1 saturated carbocycles. The van der Waals surface area contributed by atoms with Gasteiger partial charge in [-0.3, -0.25) is 0 Å². The Morgan fingerprint density at radius 1 is 1.25 bits per heavy atom. The molecular weight excluding hydrogens is 246 g/mol. The Bertz CT molecular complexity index is 671. The molecule has 3 unspecified atom stereocenters. The number of nitriles is 1. The lowest BCUT2D eigenvalue weighted by Crippen LogP contribution is -2.25. The molecule has 1 aliphatic rings. The summed E-state index contributed by atoms with van der Waals surface area (Å²) in [5.74, 6) is 2.09. The van der Waals surface area contributed by atoms with Gasteiger partial charge in [0, 0.05) is 11.4 Å². The normalized spacial score (nSPS) is 25.6. The van der Waals surface area contributed by atoms with Gasteiger partial charge >= 0.3 is 0 Å². The molecule has 0 spiro atoms. The summed E-state index contributed by atoms with van der Waals surface area (Å²) < 4.78 is 0. The predicted octanol–water partition coefficient (Wildman–Crippen LogP) is 3.95. The van der Waals surface area contributed by atoms with E-state index in [4.69, 9.17) is 0 Å². The fourth-order valence-electron chi connectivity index (χ4n) is 3.06.